The van der Waals surface area contributed by atoms with Crippen LogP contribution in [0.2, 0.25) is 0 Å². The molecule has 25 heavy (non-hydrogen) atoms. The van der Waals surface area contributed by atoms with E-state index in [1.54, 1.807) is 0 Å². The molecule has 0 bridgehead atoms. The minimum Gasteiger partial charge on any atom is -0.379 e. The number of nitrogens with one attached hydrogen (secondary N) is 2. The lowest BCUT2D eigenvalue weighted by molar-refractivity contribution is 0.0347. The Hall–Kier alpha value is -1.59. The summed E-state index contributed by atoms with van der Waals surface area (Å²) in [7, 11) is 0. The van der Waals surface area contributed by atoms with Crippen LogP contribution in [-0.2, 0) is 9.47 Å². The Kier molecular flexibility index (Phi) is 8.22. The molecule has 0 aliphatic carbocycles. The van der Waals surface area contributed by atoms with Crippen LogP contribution in [0.25, 0.3) is 0 Å². The van der Waals surface area contributed by atoms with Crippen LogP contribution in [0.3, 0.4) is 0 Å². The third-order valence-electron chi connectivity index (χ3n) is 4.33. The predicted molar refractivity (Wildman–Crippen MR) is 103 cm³/mol. The minimum atomic E-state index is 0.202. The van der Waals surface area contributed by atoms with Gasteiger partial charge in [0.15, 0.2) is 5.96 Å². The highest BCUT2D eigenvalue weighted by Gasteiger charge is 2.17. The molecular weight excluding hydrogens is 314 g/mol. The maximum absolute atomic E-state index is 5.88. The summed E-state index contributed by atoms with van der Waals surface area (Å²) in [6.07, 6.45) is 1.24. The first kappa shape index (κ1) is 19.7. The molecule has 0 spiro atoms. The summed E-state index contributed by atoms with van der Waals surface area (Å²) in [5.41, 5.74) is 2.62. The smallest absolute Gasteiger partial charge is 0.191 e. The van der Waals surface area contributed by atoms with E-state index in [0.717, 1.165) is 38.7 Å². The molecule has 0 saturated carbocycles. The molecule has 0 amide bonds. The molecule has 1 aromatic carbocycles. The minimum absolute atomic E-state index is 0.202. The van der Waals surface area contributed by atoms with Crippen molar-refractivity contribution in [2.45, 2.75) is 52.2 Å². The number of nitrogens with zero attached hydrogens (tertiary/aromatic N) is 1. The van der Waals surface area contributed by atoms with E-state index < -0.39 is 0 Å². The number of hydrogen-bond donors (Lipinski definition) is 2. The molecule has 1 saturated heterocycles. The van der Waals surface area contributed by atoms with Gasteiger partial charge in [-0.15, -0.1) is 0 Å². The number of ether oxygens (including phenoxy) is 2. The van der Waals surface area contributed by atoms with E-state index in [1.165, 1.54) is 11.1 Å². The van der Waals surface area contributed by atoms with Crippen LogP contribution in [0.1, 0.15) is 44.2 Å². The number of benzene rings is 1. The van der Waals surface area contributed by atoms with E-state index in [9.17, 15) is 0 Å². The zero-order chi connectivity index (χ0) is 18.1. The van der Waals surface area contributed by atoms with Gasteiger partial charge in [0.25, 0.3) is 0 Å². The molecule has 5 nitrogen and oxygen atoms in total. The lowest BCUT2D eigenvalue weighted by atomic mass is 10.00. The van der Waals surface area contributed by atoms with Gasteiger partial charge in [-0.25, -0.2) is 0 Å². The molecule has 140 valence electrons. The van der Waals surface area contributed by atoms with Gasteiger partial charge in [0, 0.05) is 31.7 Å². The molecule has 1 aromatic rings. The first-order valence-electron chi connectivity index (χ1n) is 9.39. The normalized spacial score (nSPS) is 20.3. The second-order valence-corrected chi connectivity index (χ2v) is 6.90. The van der Waals surface area contributed by atoms with Crippen molar-refractivity contribution in [1.82, 2.24) is 10.6 Å². The SMILES string of the molecule is CCNC(=NCC(C)c1cccc(C)c1)NC(C)COC1CCOC1. The molecule has 1 fully saturated rings. The Morgan fingerprint density at radius 1 is 1.40 bits per heavy atom. The second kappa shape index (κ2) is 10.4. The average molecular weight is 348 g/mol. The highest BCUT2D eigenvalue weighted by molar-refractivity contribution is 5.80. The first-order valence-corrected chi connectivity index (χ1v) is 9.39. The van der Waals surface area contributed by atoms with Crippen molar-refractivity contribution < 1.29 is 9.47 Å². The molecular formula is C20H33N3O2. The van der Waals surface area contributed by atoms with Gasteiger partial charge in [-0.05, 0) is 32.8 Å². The lowest BCUT2D eigenvalue weighted by Gasteiger charge is -2.20. The van der Waals surface area contributed by atoms with E-state index >= 15 is 0 Å². The molecule has 0 radical (unpaired) electrons. The van der Waals surface area contributed by atoms with Crippen molar-refractivity contribution in [2.24, 2.45) is 4.99 Å². The fourth-order valence-electron chi connectivity index (χ4n) is 2.83. The standard InChI is InChI=1S/C20H33N3O2/c1-5-21-20(23-17(4)13-25-19-9-10-24-14-19)22-12-16(3)18-8-6-7-15(2)11-18/h6-8,11,16-17,19H,5,9-10,12-14H2,1-4H3,(H2,21,22,23). The van der Waals surface area contributed by atoms with Gasteiger partial charge in [0.2, 0.25) is 0 Å². The molecule has 3 atom stereocenters. The highest BCUT2D eigenvalue weighted by atomic mass is 16.5. The van der Waals surface area contributed by atoms with Crippen LogP contribution in [0.15, 0.2) is 29.3 Å². The largest absolute Gasteiger partial charge is 0.379 e. The van der Waals surface area contributed by atoms with Crippen LogP contribution in [0.5, 0.6) is 0 Å². The van der Waals surface area contributed by atoms with E-state index in [-0.39, 0.29) is 12.1 Å². The summed E-state index contributed by atoms with van der Waals surface area (Å²) < 4.78 is 11.2. The Morgan fingerprint density at radius 3 is 2.92 bits per heavy atom. The topological polar surface area (TPSA) is 54.9 Å². The predicted octanol–water partition coefficient (Wildman–Crippen LogP) is 2.85. The summed E-state index contributed by atoms with van der Waals surface area (Å²) in [4.78, 5) is 4.75. The summed E-state index contributed by atoms with van der Waals surface area (Å²) in [6, 6.07) is 8.85. The maximum Gasteiger partial charge on any atom is 0.191 e. The van der Waals surface area contributed by atoms with Gasteiger partial charge in [0.1, 0.15) is 0 Å². The lowest BCUT2D eigenvalue weighted by Crippen LogP contribution is -2.44. The highest BCUT2D eigenvalue weighted by Crippen LogP contribution is 2.16. The van der Waals surface area contributed by atoms with Crippen molar-refractivity contribution in [3.63, 3.8) is 0 Å². The maximum atomic E-state index is 5.88. The van der Waals surface area contributed by atoms with Crippen LogP contribution in [0, 0.1) is 6.92 Å². The summed E-state index contributed by atoms with van der Waals surface area (Å²) >= 11 is 0. The number of hydrogen-bond acceptors (Lipinski definition) is 3. The van der Waals surface area contributed by atoms with Crippen LogP contribution >= 0.6 is 0 Å². The molecule has 1 aliphatic heterocycles. The molecule has 5 heteroatoms. The van der Waals surface area contributed by atoms with Gasteiger partial charge >= 0.3 is 0 Å². The Morgan fingerprint density at radius 2 is 2.24 bits per heavy atom. The van der Waals surface area contributed by atoms with Crippen molar-refractivity contribution in [1.29, 1.82) is 0 Å². The van der Waals surface area contributed by atoms with Gasteiger partial charge < -0.3 is 20.1 Å². The third-order valence-corrected chi connectivity index (χ3v) is 4.33. The molecule has 3 unspecified atom stereocenters. The van der Waals surface area contributed by atoms with E-state index in [0.29, 0.717) is 12.5 Å². The van der Waals surface area contributed by atoms with Crippen molar-refractivity contribution in [2.75, 3.05) is 32.9 Å². The number of guanidine groups is 1. The third kappa shape index (κ3) is 7.04. The summed E-state index contributed by atoms with van der Waals surface area (Å²) in [5.74, 6) is 1.23. The van der Waals surface area contributed by atoms with Crippen LogP contribution < -0.4 is 10.6 Å². The molecule has 2 N–H and O–H groups in total. The summed E-state index contributed by atoms with van der Waals surface area (Å²) in [5, 5.41) is 6.75. The average Bonchev–Trinajstić information content (AvgIpc) is 3.11. The van der Waals surface area contributed by atoms with Gasteiger partial charge in [-0.3, -0.25) is 4.99 Å². The van der Waals surface area contributed by atoms with Crippen molar-refractivity contribution in [3.8, 4) is 0 Å². The number of aliphatic imine (C=N–C) groups is 1. The molecule has 2 rings (SSSR count). The van der Waals surface area contributed by atoms with E-state index in [2.05, 4.69) is 62.6 Å². The fourth-order valence-corrected chi connectivity index (χ4v) is 2.83. The Bertz CT molecular complexity index is 541. The number of rotatable bonds is 8. The van der Waals surface area contributed by atoms with Crippen molar-refractivity contribution >= 4 is 5.96 Å². The molecule has 1 heterocycles. The second-order valence-electron chi connectivity index (χ2n) is 6.90. The number of aryl methyl sites for hydroxylation is 1. The van der Waals surface area contributed by atoms with E-state index in [4.69, 9.17) is 14.5 Å². The quantitative estimate of drug-likeness (QED) is 0.561. The molecule has 0 aromatic heterocycles. The van der Waals surface area contributed by atoms with E-state index in [1.807, 2.05) is 0 Å². The van der Waals surface area contributed by atoms with Crippen LogP contribution in [0.4, 0.5) is 0 Å². The zero-order valence-corrected chi connectivity index (χ0v) is 16.0. The van der Waals surface area contributed by atoms with Gasteiger partial charge in [0.05, 0.1) is 19.3 Å². The van der Waals surface area contributed by atoms with Gasteiger partial charge in [-0.2, -0.15) is 0 Å². The fraction of sp³-hybridized carbons (Fsp3) is 0.650. The van der Waals surface area contributed by atoms with Gasteiger partial charge in [-0.1, -0.05) is 36.8 Å². The summed E-state index contributed by atoms with van der Waals surface area (Å²) in [6.45, 7) is 12.3. The Labute approximate surface area is 152 Å². The van der Waals surface area contributed by atoms with Crippen LogP contribution in [-0.4, -0.2) is 51.0 Å². The monoisotopic (exact) mass is 347 g/mol. The van der Waals surface area contributed by atoms with Crippen molar-refractivity contribution in [3.05, 3.63) is 35.4 Å². The first-order chi connectivity index (χ1) is 12.1. The molecule has 1 aliphatic rings. The zero-order valence-electron chi connectivity index (χ0n) is 16.0. The Balaban J connectivity index is 1.83.